The molecule has 0 spiro atoms. The highest BCUT2D eigenvalue weighted by Gasteiger charge is 2.29. The van der Waals surface area contributed by atoms with Crippen LogP contribution in [-0.2, 0) is 0 Å². The minimum absolute atomic E-state index is 0.146. The molecule has 3 nitrogen and oxygen atoms in total. The van der Waals surface area contributed by atoms with Gasteiger partial charge in [-0.2, -0.15) is 0 Å². The average molecular weight is 368 g/mol. The van der Waals surface area contributed by atoms with Gasteiger partial charge in [-0.3, -0.25) is 9.59 Å². The van der Waals surface area contributed by atoms with Gasteiger partial charge in [0.2, 0.25) is 0 Å². The predicted molar refractivity (Wildman–Crippen MR) is 99.5 cm³/mol. The molecule has 1 N–H and O–H groups in total. The number of benzene rings is 3. The van der Waals surface area contributed by atoms with Gasteiger partial charge in [0.1, 0.15) is 0 Å². The summed E-state index contributed by atoms with van der Waals surface area (Å²) >= 11 is 12.3. The largest absolute Gasteiger partial charge is 0.353 e. The van der Waals surface area contributed by atoms with Crippen LogP contribution < -0.4 is 5.32 Å². The average Bonchev–Trinajstić information content (AvgIpc) is 2.63. The molecule has 0 fully saturated rings. The smallest absolute Gasteiger partial charge is 0.194 e. The van der Waals surface area contributed by atoms with E-state index in [-0.39, 0.29) is 11.6 Å². The molecular formula is C20H11Cl2NO2. The van der Waals surface area contributed by atoms with E-state index in [0.29, 0.717) is 43.7 Å². The lowest BCUT2D eigenvalue weighted by atomic mass is 9.84. The summed E-state index contributed by atoms with van der Waals surface area (Å²) < 4.78 is 0. The van der Waals surface area contributed by atoms with E-state index in [1.54, 1.807) is 60.7 Å². The molecule has 0 aromatic heterocycles. The van der Waals surface area contributed by atoms with Gasteiger partial charge in [0, 0.05) is 27.9 Å². The summed E-state index contributed by atoms with van der Waals surface area (Å²) in [5.41, 5.74) is 2.83. The Morgan fingerprint density at radius 3 is 1.84 bits per heavy atom. The maximum absolute atomic E-state index is 12.8. The molecule has 0 saturated heterocycles. The summed E-state index contributed by atoms with van der Waals surface area (Å²) in [6.45, 7) is 0. The van der Waals surface area contributed by atoms with Crippen LogP contribution in [0, 0.1) is 0 Å². The van der Waals surface area contributed by atoms with Crippen molar-refractivity contribution in [3.05, 3.63) is 93.0 Å². The minimum atomic E-state index is -0.167. The van der Waals surface area contributed by atoms with E-state index in [4.69, 9.17) is 23.2 Å². The fourth-order valence-corrected chi connectivity index (χ4v) is 3.43. The van der Waals surface area contributed by atoms with E-state index in [1.165, 1.54) is 0 Å². The van der Waals surface area contributed by atoms with Gasteiger partial charge in [0.25, 0.3) is 0 Å². The van der Waals surface area contributed by atoms with Crippen molar-refractivity contribution < 1.29 is 9.59 Å². The van der Waals surface area contributed by atoms with Gasteiger partial charge in [-0.05, 0) is 30.3 Å². The van der Waals surface area contributed by atoms with Crippen molar-refractivity contribution in [1.82, 2.24) is 0 Å². The molecule has 25 heavy (non-hydrogen) atoms. The van der Waals surface area contributed by atoms with Crippen molar-refractivity contribution >= 4 is 46.1 Å². The zero-order valence-corrected chi connectivity index (χ0v) is 14.4. The van der Waals surface area contributed by atoms with Gasteiger partial charge in [-0.25, -0.2) is 0 Å². The van der Waals surface area contributed by atoms with Crippen molar-refractivity contribution in [1.29, 1.82) is 0 Å². The van der Waals surface area contributed by atoms with Crippen LogP contribution in [0.25, 0.3) is 0 Å². The molecule has 0 aliphatic heterocycles. The molecule has 0 amide bonds. The minimum Gasteiger partial charge on any atom is -0.353 e. The summed E-state index contributed by atoms with van der Waals surface area (Å²) in [5.74, 6) is -0.313. The maximum atomic E-state index is 12.8. The van der Waals surface area contributed by atoms with E-state index < -0.39 is 0 Å². The van der Waals surface area contributed by atoms with Gasteiger partial charge in [-0.15, -0.1) is 0 Å². The molecule has 5 heteroatoms. The van der Waals surface area contributed by atoms with E-state index in [2.05, 4.69) is 5.32 Å². The highest BCUT2D eigenvalue weighted by Crippen LogP contribution is 2.34. The monoisotopic (exact) mass is 367 g/mol. The van der Waals surface area contributed by atoms with Crippen LogP contribution in [0.2, 0.25) is 10.0 Å². The Balaban J connectivity index is 1.78. The molecule has 0 bridgehead atoms. The van der Waals surface area contributed by atoms with Crippen molar-refractivity contribution in [3.63, 3.8) is 0 Å². The highest BCUT2D eigenvalue weighted by atomic mass is 35.5. The van der Waals surface area contributed by atoms with E-state index in [0.717, 1.165) is 0 Å². The number of carbonyl (C=O) groups excluding carboxylic acids is 2. The number of para-hydroxylation sites is 1. The van der Waals surface area contributed by atoms with Crippen molar-refractivity contribution in [3.8, 4) is 0 Å². The van der Waals surface area contributed by atoms with Crippen molar-refractivity contribution in [2.45, 2.75) is 0 Å². The normalized spacial score (nSPS) is 12.6. The van der Waals surface area contributed by atoms with E-state index in [9.17, 15) is 9.59 Å². The summed E-state index contributed by atoms with van der Waals surface area (Å²) in [5, 5.41) is 4.06. The molecule has 0 atom stereocenters. The Hall–Kier alpha value is -2.62. The highest BCUT2D eigenvalue weighted by molar-refractivity contribution is 6.39. The maximum Gasteiger partial charge on any atom is 0.194 e. The SMILES string of the molecule is O=C1c2ccccc2C(=O)c2cc(Nc3c(Cl)cccc3Cl)ccc21. The van der Waals surface area contributed by atoms with E-state index in [1.807, 2.05) is 0 Å². The Labute approximate surface area is 154 Å². The number of anilines is 2. The number of hydrogen-bond donors (Lipinski definition) is 1. The number of ketones is 2. The lowest BCUT2D eigenvalue weighted by Gasteiger charge is -2.19. The second-order valence-corrected chi connectivity index (χ2v) is 6.50. The van der Waals surface area contributed by atoms with Gasteiger partial charge >= 0.3 is 0 Å². The Kier molecular flexibility index (Phi) is 3.83. The topological polar surface area (TPSA) is 46.2 Å². The third-order valence-corrected chi connectivity index (χ3v) is 4.79. The molecule has 0 unspecified atom stereocenters. The summed E-state index contributed by atoms with van der Waals surface area (Å²) in [7, 11) is 0. The number of nitrogens with one attached hydrogen (secondary N) is 1. The van der Waals surface area contributed by atoms with Crippen LogP contribution in [0.1, 0.15) is 31.8 Å². The summed E-state index contributed by atoms with van der Waals surface area (Å²) in [4.78, 5) is 25.4. The first-order valence-electron chi connectivity index (χ1n) is 7.60. The van der Waals surface area contributed by atoms with E-state index >= 15 is 0 Å². The Bertz CT molecular complexity index is 1020. The second kappa shape index (κ2) is 6.03. The van der Waals surface area contributed by atoms with Crippen molar-refractivity contribution in [2.24, 2.45) is 0 Å². The number of hydrogen-bond acceptors (Lipinski definition) is 3. The molecule has 0 heterocycles. The molecule has 3 aromatic rings. The molecule has 0 saturated carbocycles. The second-order valence-electron chi connectivity index (χ2n) is 5.69. The zero-order chi connectivity index (χ0) is 17.6. The van der Waals surface area contributed by atoms with Crippen LogP contribution in [-0.4, -0.2) is 11.6 Å². The Morgan fingerprint density at radius 1 is 0.640 bits per heavy atom. The summed E-state index contributed by atoms with van der Waals surface area (Å²) in [6.07, 6.45) is 0. The van der Waals surface area contributed by atoms with Crippen LogP contribution in [0.5, 0.6) is 0 Å². The third kappa shape index (κ3) is 2.62. The van der Waals surface area contributed by atoms with Crippen LogP contribution in [0.4, 0.5) is 11.4 Å². The number of rotatable bonds is 2. The van der Waals surface area contributed by atoms with Gasteiger partial charge in [0.15, 0.2) is 11.6 Å². The first kappa shape index (κ1) is 15.9. The molecule has 1 aliphatic carbocycles. The summed E-state index contributed by atoms with van der Waals surface area (Å²) in [6, 6.07) is 17.1. The standard InChI is InChI=1S/C20H11Cl2NO2/c21-16-6-3-7-17(22)18(16)23-11-8-9-14-15(10-11)20(25)13-5-2-1-4-12(13)19(14)24/h1-10,23H. The van der Waals surface area contributed by atoms with Gasteiger partial charge in [0.05, 0.1) is 15.7 Å². The number of halogens is 2. The number of fused-ring (bicyclic) bond motifs is 2. The van der Waals surface area contributed by atoms with Gasteiger partial charge < -0.3 is 5.32 Å². The quantitative estimate of drug-likeness (QED) is 0.507. The molecule has 0 radical (unpaired) electrons. The predicted octanol–water partition coefficient (Wildman–Crippen LogP) is 5.51. The first-order chi connectivity index (χ1) is 12.1. The first-order valence-corrected chi connectivity index (χ1v) is 8.35. The Morgan fingerprint density at radius 2 is 1.20 bits per heavy atom. The number of carbonyl (C=O) groups is 2. The lowest BCUT2D eigenvalue weighted by molar-refractivity contribution is 0.0979. The van der Waals surface area contributed by atoms with Crippen molar-refractivity contribution in [2.75, 3.05) is 5.32 Å². The fraction of sp³-hybridized carbons (Fsp3) is 0. The molecule has 4 rings (SSSR count). The third-order valence-electron chi connectivity index (χ3n) is 4.16. The molecule has 122 valence electrons. The van der Waals surface area contributed by atoms with Crippen LogP contribution >= 0.6 is 23.2 Å². The van der Waals surface area contributed by atoms with Crippen LogP contribution in [0.3, 0.4) is 0 Å². The lowest BCUT2D eigenvalue weighted by Crippen LogP contribution is -2.20. The molecular weight excluding hydrogens is 357 g/mol. The molecule has 3 aromatic carbocycles. The van der Waals surface area contributed by atoms with Crippen LogP contribution in [0.15, 0.2) is 60.7 Å². The zero-order valence-electron chi connectivity index (χ0n) is 12.8. The molecule has 1 aliphatic rings. The fourth-order valence-electron chi connectivity index (χ4n) is 2.94. The van der Waals surface area contributed by atoms with Gasteiger partial charge in [-0.1, -0.05) is 53.5 Å².